The van der Waals surface area contributed by atoms with Gasteiger partial charge in [0.2, 0.25) is 0 Å². The second-order valence-corrected chi connectivity index (χ2v) is 5.93. The van der Waals surface area contributed by atoms with Crippen LogP contribution in [0.2, 0.25) is 0 Å². The molecule has 5 heteroatoms. The second kappa shape index (κ2) is 5.30. The maximum absolute atomic E-state index is 6.04. The van der Waals surface area contributed by atoms with Gasteiger partial charge in [0.25, 0.3) is 0 Å². The van der Waals surface area contributed by atoms with Crippen molar-refractivity contribution in [2.75, 3.05) is 13.7 Å². The fraction of sp³-hybridized carbons (Fsp3) is 0.600. The number of hydrogen-bond donors (Lipinski definition) is 0. The molecule has 0 bridgehead atoms. The van der Waals surface area contributed by atoms with Crippen LogP contribution >= 0.6 is 0 Å². The zero-order valence-electron chi connectivity index (χ0n) is 13.1. The number of rotatable bonds is 4. The maximum atomic E-state index is 6.04. The number of methoxy groups -OCH3 is 1. The van der Waals surface area contributed by atoms with Crippen LogP contribution in [0, 0.1) is 0 Å². The van der Waals surface area contributed by atoms with E-state index in [9.17, 15) is 0 Å². The summed E-state index contributed by atoms with van der Waals surface area (Å²) in [4.78, 5) is 0. The summed E-state index contributed by atoms with van der Waals surface area (Å²) in [6, 6.07) is 5.75. The molecule has 1 saturated heterocycles. The Bertz CT molecular complexity index is 469. The Kier molecular flexibility index (Phi) is 4.03. The molecular formula is C15H23BO4. The van der Waals surface area contributed by atoms with Crippen LogP contribution in [-0.4, -0.2) is 32.0 Å². The lowest BCUT2D eigenvalue weighted by atomic mass is 9.79. The first-order chi connectivity index (χ1) is 9.30. The average molecular weight is 278 g/mol. The highest BCUT2D eigenvalue weighted by atomic mass is 16.7. The van der Waals surface area contributed by atoms with E-state index < -0.39 is 0 Å². The summed E-state index contributed by atoms with van der Waals surface area (Å²) in [6.07, 6.45) is 0. The largest absolute Gasteiger partial charge is 0.494 e. The molecule has 1 aromatic carbocycles. The van der Waals surface area contributed by atoms with Crippen LogP contribution in [0.15, 0.2) is 18.2 Å². The highest BCUT2D eigenvalue weighted by Crippen LogP contribution is 2.37. The molecule has 0 aromatic heterocycles. The third kappa shape index (κ3) is 2.65. The Hall–Kier alpha value is -1.20. The third-order valence-electron chi connectivity index (χ3n) is 4.01. The molecule has 1 aliphatic heterocycles. The maximum Gasteiger partial charge on any atom is 0.494 e. The van der Waals surface area contributed by atoms with Crippen molar-refractivity contribution >= 4 is 12.6 Å². The van der Waals surface area contributed by atoms with Crippen LogP contribution < -0.4 is 14.9 Å². The van der Waals surface area contributed by atoms with Crippen LogP contribution in [0.25, 0.3) is 0 Å². The van der Waals surface area contributed by atoms with E-state index in [-0.39, 0.29) is 18.3 Å². The Morgan fingerprint density at radius 3 is 2.15 bits per heavy atom. The summed E-state index contributed by atoms with van der Waals surface area (Å²) in [5, 5.41) is 0. The van der Waals surface area contributed by atoms with Crippen LogP contribution in [0.1, 0.15) is 34.6 Å². The van der Waals surface area contributed by atoms with Gasteiger partial charge in [-0.3, -0.25) is 0 Å². The van der Waals surface area contributed by atoms with Gasteiger partial charge in [-0.05, 0) is 52.2 Å². The normalized spacial score (nSPS) is 20.0. The quantitative estimate of drug-likeness (QED) is 0.792. The minimum Gasteiger partial charge on any atom is -0.493 e. The molecule has 1 aliphatic rings. The topological polar surface area (TPSA) is 36.9 Å². The fourth-order valence-electron chi connectivity index (χ4n) is 2.09. The van der Waals surface area contributed by atoms with Gasteiger partial charge in [-0.25, -0.2) is 0 Å². The van der Waals surface area contributed by atoms with E-state index in [1.165, 1.54) is 0 Å². The monoisotopic (exact) mass is 278 g/mol. The Morgan fingerprint density at radius 1 is 1.05 bits per heavy atom. The van der Waals surface area contributed by atoms with Crippen molar-refractivity contribution in [3.8, 4) is 11.5 Å². The Labute approximate surface area is 121 Å². The Balaban J connectivity index is 2.29. The molecule has 2 rings (SSSR count). The van der Waals surface area contributed by atoms with Gasteiger partial charge in [-0.2, -0.15) is 0 Å². The highest BCUT2D eigenvalue weighted by molar-refractivity contribution is 6.62. The zero-order chi connectivity index (χ0) is 15.0. The van der Waals surface area contributed by atoms with E-state index >= 15 is 0 Å². The first kappa shape index (κ1) is 15.2. The number of ether oxygens (including phenoxy) is 2. The van der Waals surface area contributed by atoms with Gasteiger partial charge in [0.1, 0.15) is 0 Å². The molecule has 1 fully saturated rings. The van der Waals surface area contributed by atoms with Gasteiger partial charge in [0, 0.05) is 0 Å². The molecule has 0 atom stereocenters. The number of hydrogen-bond acceptors (Lipinski definition) is 4. The smallest absolute Gasteiger partial charge is 0.493 e. The molecule has 0 saturated carbocycles. The van der Waals surface area contributed by atoms with Gasteiger partial charge in [0.05, 0.1) is 24.9 Å². The molecule has 0 aliphatic carbocycles. The SMILES string of the molecule is CCOc1cc(B2OC(C)(C)C(C)(C)O2)ccc1OC. The van der Waals surface area contributed by atoms with Gasteiger partial charge < -0.3 is 18.8 Å². The third-order valence-corrected chi connectivity index (χ3v) is 4.01. The predicted molar refractivity (Wildman–Crippen MR) is 79.9 cm³/mol. The van der Waals surface area contributed by atoms with Crippen molar-refractivity contribution in [3.05, 3.63) is 18.2 Å². The lowest BCUT2D eigenvalue weighted by Crippen LogP contribution is -2.41. The summed E-state index contributed by atoms with van der Waals surface area (Å²) in [5.41, 5.74) is 0.250. The summed E-state index contributed by atoms with van der Waals surface area (Å²) < 4.78 is 23.0. The van der Waals surface area contributed by atoms with Crippen LogP contribution in [0.5, 0.6) is 11.5 Å². The van der Waals surface area contributed by atoms with Crippen LogP contribution in [0.4, 0.5) is 0 Å². The highest BCUT2D eigenvalue weighted by Gasteiger charge is 2.51. The van der Waals surface area contributed by atoms with E-state index in [1.54, 1.807) is 7.11 Å². The van der Waals surface area contributed by atoms with Crippen LogP contribution in [-0.2, 0) is 9.31 Å². The molecule has 1 heterocycles. The standard InChI is InChI=1S/C15H23BO4/c1-7-18-13-10-11(8-9-12(13)17-6)16-19-14(2,3)15(4,5)20-16/h8-10H,7H2,1-6H3. The molecule has 0 spiro atoms. The van der Waals surface area contributed by atoms with E-state index in [4.69, 9.17) is 18.8 Å². The summed E-state index contributed by atoms with van der Waals surface area (Å²) in [6.45, 7) is 10.7. The van der Waals surface area contributed by atoms with E-state index in [0.29, 0.717) is 18.1 Å². The van der Waals surface area contributed by atoms with Gasteiger partial charge in [-0.15, -0.1) is 0 Å². The Morgan fingerprint density at radius 2 is 1.65 bits per heavy atom. The molecule has 0 amide bonds. The summed E-state index contributed by atoms with van der Waals surface area (Å²) in [7, 11) is 1.25. The predicted octanol–water partition coefficient (Wildman–Crippen LogP) is 2.39. The van der Waals surface area contributed by atoms with Gasteiger partial charge in [0.15, 0.2) is 11.5 Å². The van der Waals surface area contributed by atoms with Crippen molar-refractivity contribution in [3.63, 3.8) is 0 Å². The minimum atomic E-state index is -0.384. The zero-order valence-corrected chi connectivity index (χ0v) is 13.1. The number of benzene rings is 1. The fourth-order valence-corrected chi connectivity index (χ4v) is 2.09. The van der Waals surface area contributed by atoms with Crippen molar-refractivity contribution in [1.82, 2.24) is 0 Å². The van der Waals surface area contributed by atoms with Gasteiger partial charge in [-0.1, -0.05) is 6.07 Å². The van der Waals surface area contributed by atoms with Crippen molar-refractivity contribution in [2.24, 2.45) is 0 Å². The van der Waals surface area contributed by atoms with Gasteiger partial charge >= 0.3 is 7.12 Å². The first-order valence-electron chi connectivity index (χ1n) is 6.97. The lowest BCUT2D eigenvalue weighted by molar-refractivity contribution is 0.00578. The van der Waals surface area contributed by atoms with Crippen molar-refractivity contribution < 1.29 is 18.8 Å². The summed E-state index contributed by atoms with van der Waals surface area (Å²) in [5.74, 6) is 1.43. The molecule has 1 aromatic rings. The van der Waals surface area contributed by atoms with Crippen molar-refractivity contribution in [1.29, 1.82) is 0 Å². The van der Waals surface area contributed by atoms with E-state index in [2.05, 4.69) is 0 Å². The molecular weight excluding hydrogens is 255 g/mol. The van der Waals surface area contributed by atoms with E-state index in [0.717, 1.165) is 5.46 Å². The molecule has 0 unspecified atom stereocenters. The minimum absolute atomic E-state index is 0.344. The molecule has 0 radical (unpaired) electrons. The summed E-state index contributed by atoms with van der Waals surface area (Å²) >= 11 is 0. The second-order valence-electron chi connectivity index (χ2n) is 5.93. The lowest BCUT2D eigenvalue weighted by Gasteiger charge is -2.32. The first-order valence-corrected chi connectivity index (χ1v) is 6.97. The van der Waals surface area contributed by atoms with Crippen LogP contribution in [0.3, 0.4) is 0 Å². The molecule has 110 valence electrons. The average Bonchev–Trinajstić information content (AvgIpc) is 2.59. The molecule has 0 N–H and O–H groups in total. The van der Waals surface area contributed by atoms with Crippen molar-refractivity contribution in [2.45, 2.75) is 45.8 Å². The van der Waals surface area contributed by atoms with E-state index in [1.807, 2.05) is 52.8 Å². The molecule has 20 heavy (non-hydrogen) atoms. The molecule has 4 nitrogen and oxygen atoms in total.